The van der Waals surface area contributed by atoms with E-state index < -0.39 is 0 Å². The van der Waals surface area contributed by atoms with Crippen LogP contribution in [-0.2, 0) is 11.2 Å². The van der Waals surface area contributed by atoms with E-state index in [1.165, 1.54) is 24.0 Å². The van der Waals surface area contributed by atoms with E-state index in [0.29, 0.717) is 6.04 Å². The molecular weight excluding hydrogens is 248 g/mol. The van der Waals surface area contributed by atoms with Gasteiger partial charge in [0.1, 0.15) is 0 Å². The van der Waals surface area contributed by atoms with Crippen molar-refractivity contribution < 1.29 is 4.74 Å². The van der Waals surface area contributed by atoms with Gasteiger partial charge in [-0.05, 0) is 36.9 Å². The predicted octanol–water partition coefficient (Wildman–Crippen LogP) is 2.75. The largest absolute Gasteiger partial charge is 0.383 e. The van der Waals surface area contributed by atoms with Crippen LogP contribution in [0.3, 0.4) is 0 Å². The first-order valence-electron chi connectivity index (χ1n) is 7.84. The third-order valence-electron chi connectivity index (χ3n) is 4.37. The molecule has 1 aromatic carbocycles. The molecule has 2 N–H and O–H groups in total. The van der Waals surface area contributed by atoms with Crippen LogP contribution >= 0.6 is 0 Å². The van der Waals surface area contributed by atoms with Gasteiger partial charge in [-0.3, -0.25) is 4.90 Å². The molecule has 1 aromatic rings. The lowest BCUT2D eigenvalue weighted by Crippen LogP contribution is -2.41. The molecule has 0 aliphatic carbocycles. The number of hydrogen-bond donors (Lipinski definition) is 1. The molecule has 0 spiro atoms. The number of nitrogens with zero attached hydrogens (tertiary/aromatic N) is 1. The van der Waals surface area contributed by atoms with E-state index >= 15 is 0 Å². The summed E-state index contributed by atoms with van der Waals surface area (Å²) in [7, 11) is 1.77. The maximum Gasteiger partial charge on any atom is 0.0589 e. The van der Waals surface area contributed by atoms with Crippen molar-refractivity contribution in [1.82, 2.24) is 4.90 Å². The van der Waals surface area contributed by atoms with Crippen molar-refractivity contribution in [2.45, 2.75) is 44.7 Å². The molecule has 20 heavy (non-hydrogen) atoms. The summed E-state index contributed by atoms with van der Waals surface area (Å²) in [5.74, 6) is 0. The van der Waals surface area contributed by atoms with Gasteiger partial charge in [-0.15, -0.1) is 0 Å². The summed E-state index contributed by atoms with van der Waals surface area (Å²) in [5, 5.41) is 0. The van der Waals surface area contributed by atoms with Gasteiger partial charge in [-0.2, -0.15) is 0 Å². The Balaban J connectivity index is 2.29. The van der Waals surface area contributed by atoms with Gasteiger partial charge >= 0.3 is 0 Å². The molecule has 1 saturated heterocycles. The topological polar surface area (TPSA) is 38.5 Å². The first-order valence-corrected chi connectivity index (χ1v) is 7.84. The first kappa shape index (κ1) is 15.5. The van der Waals surface area contributed by atoms with Gasteiger partial charge in [0.05, 0.1) is 12.6 Å². The van der Waals surface area contributed by atoms with Gasteiger partial charge in [0, 0.05) is 19.7 Å². The van der Waals surface area contributed by atoms with Crippen molar-refractivity contribution in [2.24, 2.45) is 5.73 Å². The van der Waals surface area contributed by atoms with Crippen molar-refractivity contribution in [2.75, 3.05) is 26.8 Å². The molecule has 2 unspecified atom stereocenters. The lowest BCUT2D eigenvalue weighted by Gasteiger charge is -2.34. The molecule has 1 fully saturated rings. The van der Waals surface area contributed by atoms with E-state index in [-0.39, 0.29) is 6.04 Å². The first-order chi connectivity index (χ1) is 9.77. The number of nitrogens with two attached hydrogens (primary N) is 1. The molecule has 3 heteroatoms. The smallest absolute Gasteiger partial charge is 0.0589 e. The fourth-order valence-corrected chi connectivity index (χ4v) is 3.29. The van der Waals surface area contributed by atoms with E-state index in [9.17, 15) is 0 Å². The van der Waals surface area contributed by atoms with Crippen molar-refractivity contribution >= 4 is 0 Å². The highest BCUT2D eigenvalue weighted by molar-refractivity contribution is 5.31. The summed E-state index contributed by atoms with van der Waals surface area (Å²) in [4.78, 5) is 2.52. The molecule has 1 aliphatic rings. The fraction of sp³-hybridized carbons (Fsp3) is 0.647. The zero-order valence-corrected chi connectivity index (χ0v) is 12.8. The van der Waals surface area contributed by atoms with Crippen molar-refractivity contribution in [3.05, 3.63) is 35.4 Å². The predicted molar refractivity (Wildman–Crippen MR) is 83.8 cm³/mol. The number of benzene rings is 1. The van der Waals surface area contributed by atoms with Gasteiger partial charge in [0.25, 0.3) is 0 Å². The second-order valence-corrected chi connectivity index (χ2v) is 5.69. The molecule has 1 aliphatic heterocycles. The van der Waals surface area contributed by atoms with Gasteiger partial charge in [-0.1, -0.05) is 37.6 Å². The zero-order valence-electron chi connectivity index (χ0n) is 12.8. The number of rotatable bonds is 5. The molecule has 112 valence electrons. The van der Waals surface area contributed by atoms with Crippen LogP contribution in [0.2, 0.25) is 0 Å². The number of methoxy groups -OCH3 is 1. The molecule has 3 nitrogen and oxygen atoms in total. The molecule has 1 heterocycles. The van der Waals surface area contributed by atoms with Crippen LogP contribution in [0.4, 0.5) is 0 Å². The Hall–Kier alpha value is -0.900. The van der Waals surface area contributed by atoms with Crippen LogP contribution in [0, 0.1) is 0 Å². The average Bonchev–Trinajstić information content (AvgIpc) is 2.66. The Morgan fingerprint density at radius 3 is 2.85 bits per heavy atom. The van der Waals surface area contributed by atoms with Gasteiger partial charge < -0.3 is 10.5 Å². The van der Waals surface area contributed by atoms with E-state index in [4.69, 9.17) is 10.5 Å². The van der Waals surface area contributed by atoms with Crippen molar-refractivity contribution in [3.8, 4) is 0 Å². The second kappa shape index (κ2) is 7.77. The molecule has 0 aromatic heterocycles. The molecule has 2 atom stereocenters. The summed E-state index contributed by atoms with van der Waals surface area (Å²) in [6.45, 7) is 5.09. The van der Waals surface area contributed by atoms with Crippen LogP contribution in [0.15, 0.2) is 24.3 Å². The van der Waals surface area contributed by atoms with Crippen LogP contribution in [0.25, 0.3) is 0 Å². The monoisotopic (exact) mass is 276 g/mol. The van der Waals surface area contributed by atoms with Crippen LogP contribution in [0.5, 0.6) is 0 Å². The van der Waals surface area contributed by atoms with E-state index in [2.05, 4.69) is 36.1 Å². The summed E-state index contributed by atoms with van der Waals surface area (Å²) in [5.41, 5.74) is 9.36. The molecule has 0 radical (unpaired) electrons. The molecule has 0 bridgehead atoms. The minimum absolute atomic E-state index is 0.224. The summed E-state index contributed by atoms with van der Waals surface area (Å²) in [6, 6.07) is 9.33. The summed E-state index contributed by atoms with van der Waals surface area (Å²) < 4.78 is 5.28. The number of likely N-dealkylation sites (tertiary alicyclic amines) is 1. The summed E-state index contributed by atoms with van der Waals surface area (Å²) in [6.07, 6.45) is 4.65. The Bertz CT molecular complexity index is 408. The quantitative estimate of drug-likeness (QED) is 0.898. The molecule has 2 rings (SSSR count). The third-order valence-corrected chi connectivity index (χ3v) is 4.37. The molecule has 0 saturated carbocycles. The Morgan fingerprint density at radius 1 is 1.30 bits per heavy atom. The molecule has 0 amide bonds. The second-order valence-electron chi connectivity index (χ2n) is 5.69. The Labute approximate surface area is 123 Å². The average molecular weight is 276 g/mol. The SMILES string of the molecule is CCc1ccccc1C1C(N)CCCCN1CCOC. The van der Waals surface area contributed by atoms with Crippen molar-refractivity contribution in [1.29, 1.82) is 0 Å². The van der Waals surface area contributed by atoms with Crippen LogP contribution < -0.4 is 5.73 Å². The van der Waals surface area contributed by atoms with E-state index in [0.717, 1.165) is 32.5 Å². The fourth-order valence-electron chi connectivity index (χ4n) is 3.29. The van der Waals surface area contributed by atoms with E-state index in [1.807, 2.05) is 0 Å². The normalized spacial score (nSPS) is 24.6. The highest BCUT2D eigenvalue weighted by Gasteiger charge is 2.29. The van der Waals surface area contributed by atoms with Crippen molar-refractivity contribution in [3.63, 3.8) is 0 Å². The number of aryl methyl sites for hydroxylation is 1. The van der Waals surface area contributed by atoms with Gasteiger partial charge in [-0.25, -0.2) is 0 Å². The highest BCUT2D eigenvalue weighted by atomic mass is 16.5. The minimum Gasteiger partial charge on any atom is -0.383 e. The number of ether oxygens (including phenoxy) is 1. The standard InChI is InChI=1S/C17H28N2O/c1-3-14-8-4-5-9-15(14)17-16(18)10-6-7-11-19(17)12-13-20-2/h4-5,8-9,16-17H,3,6-7,10-13,18H2,1-2H3. The highest BCUT2D eigenvalue weighted by Crippen LogP contribution is 2.31. The lowest BCUT2D eigenvalue weighted by molar-refractivity contribution is 0.114. The maximum atomic E-state index is 6.51. The van der Waals surface area contributed by atoms with E-state index in [1.54, 1.807) is 7.11 Å². The van der Waals surface area contributed by atoms with Gasteiger partial charge in [0.2, 0.25) is 0 Å². The Kier molecular flexibility index (Phi) is 6.02. The summed E-state index contributed by atoms with van der Waals surface area (Å²) >= 11 is 0. The molecular formula is C17H28N2O. The van der Waals surface area contributed by atoms with Gasteiger partial charge in [0.15, 0.2) is 0 Å². The zero-order chi connectivity index (χ0) is 14.4. The minimum atomic E-state index is 0.224. The maximum absolute atomic E-state index is 6.51. The Morgan fingerprint density at radius 2 is 2.10 bits per heavy atom. The van der Waals surface area contributed by atoms with Crippen LogP contribution in [0.1, 0.15) is 43.4 Å². The third kappa shape index (κ3) is 3.60. The van der Waals surface area contributed by atoms with Crippen LogP contribution in [-0.4, -0.2) is 37.7 Å². The number of hydrogen-bond acceptors (Lipinski definition) is 3. The lowest BCUT2D eigenvalue weighted by atomic mass is 9.91.